The van der Waals surface area contributed by atoms with Gasteiger partial charge in [-0.15, -0.1) is 0 Å². The molecule has 0 amide bonds. The third-order valence-electron chi connectivity index (χ3n) is 3.63. The van der Waals surface area contributed by atoms with E-state index in [1.54, 1.807) is 21.3 Å². The van der Waals surface area contributed by atoms with E-state index in [0.717, 1.165) is 23.7 Å². The van der Waals surface area contributed by atoms with E-state index in [0.29, 0.717) is 0 Å². The zero-order valence-electron chi connectivity index (χ0n) is 11.5. The van der Waals surface area contributed by atoms with Crippen LogP contribution in [0.25, 0.3) is 0 Å². The molecule has 1 saturated carbocycles. The quantitative estimate of drug-likeness (QED) is 0.548. The van der Waals surface area contributed by atoms with Crippen LogP contribution in [0, 0.1) is 0 Å². The molecule has 5 heteroatoms. The van der Waals surface area contributed by atoms with Crippen LogP contribution in [0.2, 0.25) is 4.73 Å². The molecule has 0 aromatic rings. The number of rotatable bonds is 8. The normalized spacial score (nSPS) is 18.5. The van der Waals surface area contributed by atoms with Crippen LogP contribution in [0.15, 0.2) is 0 Å². The second kappa shape index (κ2) is 8.62. The first-order chi connectivity index (χ1) is 8.26. The molecule has 0 saturated heterocycles. The summed E-state index contributed by atoms with van der Waals surface area (Å²) in [5.74, 6) is 0. The monoisotopic (exact) mass is 281 g/mol. The van der Waals surface area contributed by atoms with Gasteiger partial charge in [-0.2, -0.15) is 0 Å². The summed E-state index contributed by atoms with van der Waals surface area (Å²) in [5.41, 5.74) is 0. The molecule has 17 heavy (non-hydrogen) atoms. The number of hydrogen-bond donors (Lipinski definition) is 1. The Morgan fingerprint density at radius 2 is 1.59 bits per heavy atom. The van der Waals surface area contributed by atoms with Crippen LogP contribution in [-0.2, 0) is 27.7 Å². The molecule has 1 rings (SSSR count). The first kappa shape index (κ1) is 15.6. The Morgan fingerprint density at radius 3 is 2.12 bits per heavy atom. The fourth-order valence-electron chi connectivity index (χ4n) is 2.47. The summed E-state index contributed by atoms with van der Waals surface area (Å²) in [7, 11) is 5.09. The van der Waals surface area contributed by atoms with Crippen molar-refractivity contribution < 1.29 is 27.7 Å². The fraction of sp³-hybridized carbons (Fsp3) is 1.00. The van der Waals surface area contributed by atoms with Gasteiger partial charge >= 0.3 is 110 Å². The van der Waals surface area contributed by atoms with E-state index >= 15 is 0 Å². The van der Waals surface area contributed by atoms with Gasteiger partial charge in [0.25, 0.3) is 0 Å². The number of nitrogens with one attached hydrogen (secondary N) is 1. The van der Waals surface area contributed by atoms with Crippen molar-refractivity contribution in [2.75, 3.05) is 27.9 Å². The topological polar surface area (TPSA) is 39.7 Å². The molecule has 1 aliphatic rings. The van der Waals surface area contributed by atoms with Crippen LogP contribution in [0.1, 0.15) is 38.5 Å². The van der Waals surface area contributed by atoms with E-state index in [1.165, 1.54) is 32.1 Å². The van der Waals surface area contributed by atoms with Gasteiger partial charge < -0.3 is 0 Å². The minimum absolute atomic E-state index is 0.735. The van der Waals surface area contributed by atoms with Crippen molar-refractivity contribution in [2.45, 2.75) is 49.3 Å². The summed E-state index contributed by atoms with van der Waals surface area (Å²) in [5, 5.41) is 3.63. The fourth-order valence-corrected chi connectivity index (χ4v) is 5.16. The van der Waals surface area contributed by atoms with Gasteiger partial charge in [0.1, 0.15) is 0 Å². The molecule has 0 unspecified atom stereocenters. The third-order valence-corrected chi connectivity index (χ3v) is 8.05. The van der Waals surface area contributed by atoms with Crippen molar-refractivity contribution >= 4 is 0 Å². The van der Waals surface area contributed by atoms with Crippen molar-refractivity contribution in [3.8, 4) is 0 Å². The van der Waals surface area contributed by atoms with Gasteiger partial charge in [0.2, 0.25) is 0 Å². The van der Waals surface area contributed by atoms with Crippen molar-refractivity contribution in [2.24, 2.45) is 0 Å². The molecule has 0 aromatic carbocycles. The molecule has 0 radical (unpaired) electrons. The Morgan fingerprint density at radius 1 is 1.00 bits per heavy atom. The molecule has 0 heterocycles. The Balaban J connectivity index is 2.13. The Hall–Kier alpha value is 0.554. The summed E-state index contributed by atoms with van der Waals surface area (Å²) in [6.45, 7) is 1.05. The molecular weight excluding hydrogens is 254 g/mol. The average molecular weight is 281 g/mol. The van der Waals surface area contributed by atoms with Crippen LogP contribution < -0.4 is 5.32 Å². The molecule has 0 spiro atoms. The van der Waals surface area contributed by atoms with Gasteiger partial charge in [0.15, 0.2) is 0 Å². The summed E-state index contributed by atoms with van der Waals surface area (Å²) in [4.78, 5) is 0. The molecule has 4 nitrogen and oxygen atoms in total. The maximum atomic E-state index is 5.44. The van der Waals surface area contributed by atoms with Gasteiger partial charge in [-0.05, 0) is 0 Å². The van der Waals surface area contributed by atoms with E-state index in [-0.39, 0.29) is 0 Å². The predicted octanol–water partition coefficient (Wildman–Crippen LogP) is 2.56. The van der Waals surface area contributed by atoms with Crippen LogP contribution in [0.4, 0.5) is 0 Å². The van der Waals surface area contributed by atoms with Gasteiger partial charge in [-0.3, -0.25) is 0 Å². The number of hydrogen-bond acceptors (Lipinski definition) is 4. The van der Waals surface area contributed by atoms with Gasteiger partial charge in [0, 0.05) is 0 Å². The summed E-state index contributed by atoms with van der Waals surface area (Å²) in [6, 6.07) is 0.735. The molecule has 1 fully saturated rings. The van der Waals surface area contributed by atoms with E-state index in [4.69, 9.17) is 9.96 Å². The molecular formula is C12H27NO3Ti. The summed E-state index contributed by atoms with van der Waals surface area (Å²) in [6.07, 6.45) is 7.93. The molecule has 0 bridgehead atoms. The van der Waals surface area contributed by atoms with Crippen LogP contribution in [0.5, 0.6) is 0 Å². The van der Waals surface area contributed by atoms with Gasteiger partial charge in [0.05, 0.1) is 0 Å². The molecule has 0 aromatic heterocycles. The van der Waals surface area contributed by atoms with E-state index < -0.39 is 17.8 Å². The summed E-state index contributed by atoms with van der Waals surface area (Å²) >= 11 is -2.86. The molecule has 0 aliphatic heterocycles. The van der Waals surface area contributed by atoms with E-state index in [9.17, 15) is 0 Å². The molecule has 1 aliphatic carbocycles. The standard InChI is InChI=1S/C9H18N.3CH3O.Ti/c1-2-8-10-9-6-4-3-5-7-9;3*1-2;/h9-10H,1-8H2;3*1H3;/q;3*-1;+3. The van der Waals surface area contributed by atoms with Crippen LogP contribution >= 0.6 is 0 Å². The second-order valence-electron chi connectivity index (χ2n) is 4.69. The minimum atomic E-state index is -2.86. The van der Waals surface area contributed by atoms with E-state index in [2.05, 4.69) is 5.32 Å². The molecule has 1 N–H and O–H groups in total. The van der Waals surface area contributed by atoms with Crippen LogP contribution in [-0.4, -0.2) is 33.9 Å². The van der Waals surface area contributed by atoms with Gasteiger partial charge in [-0.1, -0.05) is 0 Å². The van der Waals surface area contributed by atoms with Gasteiger partial charge in [-0.25, -0.2) is 0 Å². The van der Waals surface area contributed by atoms with Crippen molar-refractivity contribution in [3.05, 3.63) is 0 Å². The average Bonchev–Trinajstić information content (AvgIpc) is 2.41. The molecule has 102 valence electrons. The van der Waals surface area contributed by atoms with Crippen LogP contribution in [0.3, 0.4) is 0 Å². The summed E-state index contributed by atoms with van der Waals surface area (Å²) < 4.78 is 17.3. The Labute approximate surface area is 110 Å². The second-order valence-corrected chi connectivity index (χ2v) is 9.51. The Kier molecular flexibility index (Phi) is 7.92. The van der Waals surface area contributed by atoms with Crippen molar-refractivity contribution in [1.29, 1.82) is 0 Å². The first-order valence-corrected chi connectivity index (χ1v) is 9.67. The SMILES string of the molecule is C[O][Ti]([CH2]CCNC1CCCCC1)([O]C)[O]C. The first-order valence-electron chi connectivity index (χ1n) is 6.65. The predicted molar refractivity (Wildman–Crippen MR) is 65.3 cm³/mol. The zero-order chi connectivity index (χ0) is 12.6. The van der Waals surface area contributed by atoms with Crippen molar-refractivity contribution in [3.63, 3.8) is 0 Å². The van der Waals surface area contributed by atoms with Crippen molar-refractivity contribution in [1.82, 2.24) is 5.32 Å². The Bertz CT molecular complexity index is 186. The zero-order valence-corrected chi connectivity index (χ0v) is 13.0. The third kappa shape index (κ3) is 5.37. The maximum absolute atomic E-state index is 5.44. The molecule has 0 atom stereocenters. The van der Waals surface area contributed by atoms with E-state index in [1.807, 2.05) is 0 Å².